The second-order valence-electron chi connectivity index (χ2n) is 6.84. The number of nitrogens with one attached hydrogen (secondary N) is 1. The summed E-state index contributed by atoms with van der Waals surface area (Å²) >= 11 is 13.6. The van der Waals surface area contributed by atoms with E-state index < -0.39 is 0 Å². The van der Waals surface area contributed by atoms with Crippen LogP contribution in [0.2, 0.25) is 10.0 Å². The van der Waals surface area contributed by atoms with E-state index in [1.54, 1.807) is 36.4 Å². The van der Waals surface area contributed by atoms with E-state index in [2.05, 4.69) is 10.3 Å². The number of fused-ring (bicyclic) bond motifs is 1. The molecule has 0 spiro atoms. The number of amides is 1. The topological polar surface area (TPSA) is 54.6 Å². The van der Waals surface area contributed by atoms with Crippen LogP contribution in [0.25, 0.3) is 28.2 Å². The summed E-state index contributed by atoms with van der Waals surface area (Å²) in [5.74, 6) is 0.895. The maximum atomic E-state index is 12.4. The minimum absolute atomic E-state index is 0.219. The molecule has 3 aromatic carbocycles. The van der Waals surface area contributed by atoms with Crippen LogP contribution < -0.4 is 5.32 Å². The summed E-state index contributed by atoms with van der Waals surface area (Å²) in [6.07, 6.45) is 1.69. The van der Waals surface area contributed by atoms with Crippen LogP contribution in [0.15, 0.2) is 87.1 Å². The molecule has 4 aromatic rings. The highest BCUT2D eigenvalue weighted by Gasteiger charge is 2.24. The Morgan fingerprint density at radius 1 is 0.935 bits per heavy atom. The minimum atomic E-state index is -0.219. The molecule has 5 rings (SSSR count). The third-order valence-corrected chi connectivity index (χ3v) is 6.18. The van der Waals surface area contributed by atoms with Gasteiger partial charge in [0.05, 0.1) is 15.6 Å². The molecule has 1 aliphatic heterocycles. The van der Waals surface area contributed by atoms with Gasteiger partial charge in [-0.3, -0.25) is 4.79 Å². The van der Waals surface area contributed by atoms with Crippen LogP contribution in [-0.2, 0) is 4.79 Å². The van der Waals surface area contributed by atoms with Crippen molar-refractivity contribution in [3.63, 3.8) is 0 Å². The van der Waals surface area contributed by atoms with Gasteiger partial charge < -0.3 is 9.73 Å². The lowest BCUT2D eigenvalue weighted by atomic mass is 10.1. The van der Waals surface area contributed by atoms with E-state index in [1.807, 2.05) is 42.5 Å². The van der Waals surface area contributed by atoms with E-state index >= 15 is 0 Å². The van der Waals surface area contributed by atoms with E-state index in [1.165, 1.54) is 11.8 Å². The molecule has 1 fully saturated rings. The van der Waals surface area contributed by atoms with E-state index in [-0.39, 0.29) is 5.91 Å². The van der Waals surface area contributed by atoms with Gasteiger partial charge >= 0.3 is 0 Å². The summed E-state index contributed by atoms with van der Waals surface area (Å²) < 4.78 is 5.86. The lowest BCUT2D eigenvalue weighted by Gasteiger charge is -2.01. The summed E-state index contributed by atoms with van der Waals surface area (Å²) in [6, 6.07) is 22.8. The zero-order valence-electron chi connectivity index (χ0n) is 15.9. The number of hydrogen-bond donors (Lipinski definition) is 1. The average molecular weight is 465 g/mol. The minimum Gasteiger partial charge on any atom is -0.457 e. The van der Waals surface area contributed by atoms with Crippen LogP contribution in [-0.4, -0.2) is 11.1 Å². The Balaban J connectivity index is 1.39. The predicted octanol–water partition coefficient (Wildman–Crippen LogP) is 7.30. The molecule has 4 nitrogen and oxygen atoms in total. The first-order valence-electron chi connectivity index (χ1n) is 9.39. The Kier molecular flexibility index (Phi) is 5.32. The van der Waals surface area contributed by atoms with E-state index in [4.69, 9.17) is 27.6 Å². The molecule has 0 radical (unpaired) electrons. The number of rotatable bonds is 3. The highest BCUT2D eigenvalue weighted by molar-refractivity contribution is 8.18. The SMILES string of the molecule is O=C1NC(=Nc2ccc3ccccc3c2)SC1=Cc1ccc(-c2cc(Cl)ccc2Cl)o1. The first-order chi connectivity index (χ1) is 15.0. The van der Waals surface area contributed by atoms with Crippen molar-refractivity contribution in [1.29, 1.82) is 0 Å². The summed E-state index contributed by atoms with van der Waals surface area (Å²) in [5.41, 5.74) is 1.47. The molecule has 1 saturated heterocycles. The van der Waals surface area contributed by atoms with E-state index in [9.17, 15) is 4.79 Å². The van der Waals surface area contributed by atoms with Gasteiger partial charge in [-0.25, -0.2) is 4.99 Å². The fraction of sp³-hybridized carbons (Fsp3) is 0. The molecule has 0 unspecified atom stereocenters. The fourth-order valence-electron chi connectivity index (χ4n) is 3.23. The van der Waals surface area contributed by atoms with Gasteiger partial charge in [-0.15, -0.1) is 0 Å². The standard InChI is InChI=1S/C24H14Cl2N2O2S/c25-16-6-9-20(26)19(12-16)21-10-8-18(30-21)13-22-23(29)28-24(31-22)27-17-7-5-14-3-1-2-4-15(14)11-17/h1-13H,(H,27,28,29). The number of amidine groups is 1. The van der Waals surface area contributed by atoms with Crippen molar-refractivity contribution < 1.29 is 9.21 Å². The summed E-state index contributed by atoms with van der Waals surface area (Å²) in [7, 11) is 0. The Morgan fingerprint density at radius 3 is 2.65 bits per heavy atom. The van der Waals surface area contributed by atoms with Crippen LogP contribution in [0, 0.1) is 0 Å². The van der Waals surface area contributed by atoms with Crippen LogP contribution in [0.4, 0.5) is 5.69 Å². The third kappa shape index (κ3) is 4.26. The molecule has 1 aliphatic rings. The van der Waals surface area contributed by atoms with Gasteiger partial charge in [-0.05, 0) is 65.0 Å². The highest BCUT2D eigenvalue weighted by Crippen LogP contribution is 2.34. The largest absolute Gasteiger partial charge is 0.457 e. The first-order valence-corrected chi connectivity index (χ1v) is 11.0. The molecule has 1 N–H and O–H groups in total. The molecule has 31 heavy (non-hydrogen) atoms. The second kappa shape index (κ2) is 8.27. The van der Waals surface area contributed by atoms with Crippen LogP contribution >= 0.6 is 35.0 Å². The van der Waals surface area contributed by atoms with Gasteiger partial charge in [0, 0.05) is 16.7 Å². The van der Waals surface area contributed by atoms with Crippen molar-refractivity contribution in [3.8, 4) is 11.3 Å². The van der Waals surface area contributed by atoms with Crippen LogP contribution in [0.3, 0.4) is 0 Å². The second-order valence-corrected chi connectivity index (χ2v) is 8.71. The highest BCUT2D eigenvalue weighted by atomic mass is 35.5. The molecule has 1 aromatic heterocycles. The number of benzene rings is 3. The van der Waals surface area contributed by atoms with Crippen molar-refractivity contribution in [3.05, 3.63) is 93.5 Å². The molecule has 0 bridgehead atoms. The predicted molar refractivity (Wildman–Crippen MR) is 129 cm³/mol. The van der Waals surface area contributed by atoms with Gasteiger partial charge in [0.25, 0.3) is 5.91 Å². The third-order valence-electron chi connectivity index (χ3n) is 4.71. The summed E-state index contributed by atoms with van der Waals surface area (Å²) in [6.45, 7) is 0. The monoisotopic (exact) mass is 464 g/mol. The molecule has 152 valence electrons. The summed E-state index contributed by atoms with van der Waals surface area (Å²) in [4.78, 5) is 17.5. The molecule has 7 heteroatoms. The first kappa shape index (κ1) is 19.9. The van der Waals surface area contributed by atoms with Crippen molar-refractivity contribution in [2.24, 2.45) is 4.99 Å². The number of thioether (sulfide) groups is 1. The van der Waals surface area contributed by atoms with E-state index in [0.29, 0.717) is 37.2 Å². The fourth-order valence-corrected chi connectivity index (χ4v) is 4.44. The van der Waals surface area contributed by atoms with Crippen molar-refractivity contribution in [2.75, 3.05) is 0 Å². The van der Waals surface area contributed by atoms with Crippen molar-refractivity contribution >= 4 is 68.6 Å². The molecular weight excluding hydrogens is 451 g/mol. The molecule has 0 aliphatic carbocycles. The van der Waals surface area contributed by atoms with Crippen LogP contribution in [0.5, 0.6) is 0 Å². The molecule has 2 heterocycles. The number of nitrogens with zero attached hydrogens (tertiary/aromatic N) is 1. The number of hydrogen-bond acceptors (Lipinski definition) is 4. The Hall–Kier alpha value is -2.99. The van der Waals surface area contributed by atoms with Crippen LogP contribution in [0.1, 0.15) is 5.76 Å². The number of aliphatic imine (C=N–C) groups is 1. The summed E-state index contributed by atoms with van der Waals surface area (Å²) in [5, 5.41) is 6.67. The van der Waals surface area contributed by atoms with Gasteiger partial charge in [-0.2, -0.15) is 0 Å². The maximum absolute atomic E-state index is 12.4. The van der Waals surface area contributed by atoms with Crippen molar-refractivity contribution in [2.45, 2.75) is 0 Å². The normalized spacial score (nSPS) is 16.4. The van der Waals surface area contributed by atoms with Crippen molar-refractivity contribution in [1.82, 2.24) is 5.32 Å². The van der Waals surface area contributed by atoms with Gasteiger partial charge in [0.2, 0.25) is 0 Å². The average Bonchev–Trinajstić information content (AvgIpc) is 3.36. The molecule has 1 amide bonds. The molecule has 0 atom stereocenters. The molecular formula is C24H14Cl2N2O2S. The number of halogens is 2. The lowest BCUT2D eigenvalue weighted by Crippen LogP contribution is -2.19. The molecule has 0 saturated carbocycles. The Labute approximate surface area is 192 Å². The Bertz CT molecular complexity index is 1390. The van der Waals surface area contributed by atoms with E-state index in [0.717, 1.165) is 16.5 Å². The van der Waals surface area contributed by atoms with Gasteiger partial charge in [-0.1, -0.05) is 53.5 Å². The zero-order chi connectivity index (χ0) is 21.4. The Morgan fingerprint density at radius 2 is 1.77 bits per heavy atom. The smallest absolute Gasteiger partial charge is 0.264 e. The lowest BCUT2D eigenvalue weighted by molar-refractivity contribution is -0.115. The van der Waals surface area contributed by atoms with Gasteiger partial charge in [0.15, 0.2) is 5.17 Å². The quantitative estimate of drug-likeness (QED) is 0.323. The van der Waals surface area contributed by atoms with Gasteiger partial charge in [0.1, 0.15) is 11.5 Å². The zero-order valence-corrected chi connectivity index (χ0v) is 18.3. The number of carbonyl (C=O) groups is 1. The number of carbonyl (C=O) groups excluding carboxylic acids is 1. The maximum Gasteiger partial charge on any atom is 0.264 e. The number of furan rings is 1.